The van der Waals surface area contributed by atoms with Gasteiger partial charge in [0.2, 0.25) is 5.91 Å². The summed E-state index contributed by atoms with van der Waals surface area (Å²) in [6, 6.07) is 3.43. The zero-order valence-electron chi connectivity index (χ0n) is 10.9. The maximum atomic E-state index is 11.6. The molecule has 20 heavy (non-hydrogen) atoms. The van der Waals surface area contributed by atoms with Crippen LogP contribution in [0.1, 0.15) is 17.9 Å². The van der Waals surface area contributed by atoms with Gasteiger partial charge in [-0.05, 0) is 19.1 Å². The van der Waals surface area contributed by atoms with Gasteiger partial charge in [0.25, 0.3) is 5.89 Å². The van der Waals surface area contributed by atoms with Crippen molar-refractivity contribution in [3.8, 4) is 11.7 Å². The Labute approximate surface area is 114 Å². The van der Waals surface area contributed by atoms with Gasteiger partial charge in [-0.15, -0.1) is 0 Å². The number of carboxylic acid groups (broad SMARTS) is 1. The highest BCUT2D eigenvalue weighted by Crippen LogP contribution is 2.22. The molecular formula is C13H14N2O5. The Kier molecular flexibility index (Phi) is 4.19. The highest BCUT2D eigenvalue weighted by molar-refractivity contribution is 5.79. The van der Waals surface area contributed by atoms with Crippen molar-refractivity contribution in [1.29, 1.82) is 0 Å². The lowest BCUT2D eigenvalue weighted by Gasteiger charge is -2.01. The zero-order valence-corrected chi connectivity index (χ0v) is 10.9. The van der Waals surface area contributed by atoms with Crippen molar-refractivity contribution in [2.45, 2.75) is 19.8 Å². The summed E-state index contributed by atoms with van der Waals surface area (Å²) >= 11 is 0. The van der Waals surface area contributed by atoms with Crippen LogP contribution in [0.4, 0.5) is 0 Å². The molecule has 0 aromatic carbocycles. The van der Waals surface area contributed by atoms with Crippen molar-refractivity contribution < 1.29 is 23.5 Å². The number of aromatic nitrogens is 1. The average Bonchev–Trinajstić information content (AvgIpc) is 2.99. The van der Waals surface area contributed by atoms with Crippen molar-refractivity contribution >= 4 is 11.9 Å². The number of hydrogen-bond acceptors (Lipinski definition) is 5. The van der Waals surface area contributed by atoms with Gasteiger partial charge >= 0.3 is 5.97 Å². The second-order valence-corrected chi connectivity index (χ2v) is 4.17. The first kappa shape index (κ1) is 13.9. The van der Waals surface area contributed by atoms with Crippen LogP contribution >= 0.6 is 0 Å². The van der Waals surface area contributed by atoms with E-state index in [0.717, 1.165) is 0 Å². The van der Waals surface area contributed by atoms with Crippen molar-refractivity contribution in [3.63, 3.8) is 0 Å². The maximum Gasteiger partial charge on any atom is 0.305 e. The van der Waals surface area contributed by atoms with Gasteiger partial charge < -0.3 is 19.3 Å². The van der Waals surface area contributed by atoms with E-state index < -0.39 is 5.97 Å². The van der Waals surface area contributed by atoms with E-state index in [4.69, 9.17) is 13.9 Å². The van der Waals surface area contributed by atoms with Crippen LogP contribution in [0.2, 0.25) is 0 Å². The normalized spacial score (nSPS) is 10.4. The molecule has 1 amide bonds. The molecule has 2 heterocycles. The summed E-state index contributed by atoms with van der Waals surface area (Å²) in [5, 5.41) is 11.0. The van der Waals surface area contributed by atoms with Crippen LogP contribution in [-0.4, -0.2) is 28.5 Å². The predicted molar refractivity (Wildman–Crippen MR) is 67.9 cm³/mol. The summed E-state index contributed by atoms with van der Waals surface area (Å²) in [5.41, 5.74) is 0.504. The fourth-order valence-corrected chi connectivity index (χ4v) is 1.62. The number of aryl methyl sites for hydroxylation is 1. The number of oxazole rings is 1. The van der Waals surface area contributed by atoms with Gasteiger partial charge in [-0.2, -0.15) is 0 Å². The van der Waals surface area contributed by atoms with Crippen molar-refractivity contribution in [3.05, 3.63) is 29.9 Å². The van der Waals surface area contributed by atoms with Crippen LogP contribution in [0.5, 0.6) is 0 Å². The second kappa shape index (κ2) is 6.05. The van der Waals surface area contributed by atoms with Gasteiger partial charge in [-0.25, -0.2) is 4.98 Å². The molecule has 2 aromatic heterocycles. The van der Waals surface area contributed by atoms with E-state index in [1.54, 1.807) is 19.1 Å². The summed E-state index contributed by atoms with van der Waals surface area (Å²) < 4.78 is 10.6. The minimum absolute atomic E-state index is 0.0374. The summed E-state index contributed by atoms with van der Waals surface area (Å²) in [6.07, 6.45) is 1.43. The number of amides is 1. The molecular weight excluding hydrogens is 264 g/mol. The van der Waals surface area contributed by atoms with Gasteiger partial charge in [0, 0.05) is 6.54 Å². The first-order valence-corrected chi connectivity index (χ1v) is 6.05. The number of aliphatic carboxylic acids is 1. The quantitative estimate of drug-likeness (QED) is 0.826. The predicted octanol–water partition coefficient (Wildman–Crippen LogP) is 1.38. The molecule has 0 aliphatic carbocycles. The Morgan fingerprint density at radius 1 is 1.45 bits per heavy atom. The molecule has 0 spiro atoms. The molecule has 0 radical (unpaired) electrons. The summed E-state index contributed by atoms with van der Waals surface area (Å²) in [7, 11) is 0. The van der Waals surface area contributed by atoms with Crippen LogP contribution in [0, 0.1) is 6.92 Å². The first-order valence-electron chi connectivity index (χ1n) is 6.05. The molecule has 106 valence electrons. The largest absolute Gasteiger partial charge is 0.481 e. The average molecular weight is 278 g/mol. The molecule has 2 N–H and O–H groups in total. The fraction of sp³-hybridized carbons (Fsp3) is 0.308. The van der Waals surface area contributed by atoms with E-state index in [9.17, 15) is 9.59 Å². The molecule has 0 saturated heterocycles. The van der Waals surface area contributed by atoms with Gasteiger partial charge in [0.1, 0.15) is 5.76 Å². The number of nitrogens with one attached hydrogen (secondary N) is 1. The lowest BCUT2D eigenvalue weighted by atomic mass is 10.2. The number of nitrogens with zero attached hydrogens (tertiary/aromatic N) is 1. The zero-order chi connectivity index (χ0) is 14.5. The Morgan fingerprint density at radius 2 is 2.25 bits per heavy atom. The molecule has 2 rings (SSSR count). The van der Waals surface area contributed by atoms with Crippen LogP contribution in [-0.2, 0) is 16.0 Å². The molecule has 7 heteroatoms. The molecule has 0 aliphatic heterocycles. The third kappa shape index (κ3) is 3.47. The number of furan rings is 1. The van der Waals surface area contributed by atoms with Crippen molar-refractivity contribution in [2.24, 2.45) is 0 Å². The fourth-order valence-electron chi connectivity index (χ4n) is 1.62. The van der Waals surface area contributed by atoms with Crippen LogP contribution in [0.25, 0.3) is 11.7 Å². The standard InChI is InChI=1S/C13H14N2O5/c1-8-9(7-11(16)14-5-4-12(17)18)15-13(20-8)10-3-2-6-19-10/h2-3,6H,4-5,7H2,1H3,(H,14,16)(H,17,18). The van der Waals surface area contributed by atoms with E-state index in [1.807, 2.05) is 0 Å². The number of carbonyl (C=O) groups excluding carboxylic acids is 1. The smallest absolute Gasteiger partial charge is 0.305 e. The van der Waals surface area contributed by atoms with Crippen molar-refractivity contribution in [1.82, 2.24) is 10.3 Å². The number of carboxylic acids is 1. The van der Waals surface area contributed by atoms with Crippen molar-refractivity contribution in [2.75, 3.05) is 6.54 Å². The summed E-state index contributed by atoms with van der Waals surface area (Å²) in [4.78, 5) is 26.2. The Morgan fingerprint density at radius 3 is 2.90 bits per heavy atom. The molecule has 7 nitrogen and oxygen atoms in total. The monoisotopic (exact) mass is 278 g/mol. The van der Waals surface area contributed by atoms with Crippen LogP contribution < -0.4 is 5.32 Å². The lowest BCUT2D eigenvalue weighted by Crippen LogP contribution is -2.27. The number of rotatable bonds is 6. The number of hydrogen-bond donors (Lipinski definition) is 2. The van der Waals surface area contributed by atoms with E-state index in [2.05, 4.69) is 10.3 Å². The van der Waals surface area contributed by atoms with Gasteiger partial charge in [-0.3, -0.25) is 9.59 Å². The van der Waals surface area contributed by atoms with Crippen LogP contribution in [0.3, 0.4) is 0 Å². The third-order valence-corrected chi connectivity index (χ3v) is 2.61. The molecule has 0 bridgehead atoms. The summed E-state index contributed by atoms with van der Waals surface area (Å²) in [5.74, 6) is 0.0907. The van der Waals surface area contributed by atoms with E-state index >= 15 is 0 Å². The topological polar surface area (TPSA) is 106 Å². The van der Waals surface area contributed by atoms with Gasteiger partial charge in [0.15, 0.2) is 5.76 Å². The molecule has 0 atom stereocenters. The minimum atomic E-state index is -0.956. The van der Waals surface area contributed by atoms with E-state index in [-0.39, 0.29) is 25.3 Å². The molecule has 0 fully saturated rings. The molecule has 0 saturated carbocycles. The second-order valence-electron chi connectivity index (χ2n) is 4.17. The van der Waals surface area contributed by atoms with Gasteiger partial charge in [0.05, 0.1) is 24.8 Å². The molecule has 0 unspecified atom stereocenters. The molecule has 2 aromatic rings. The molecule has 0 aliphatic rings. The maximum absolute atomic E-state index is 11.6. The van der Waals surface area contributed by atoms with Gasteiger partial charge in [-0.1, -0.05) is 0 Å². The third-order valence-electron chi connectivity index (χ3n) is 2.61. The highest BCUT2D eigenvalue weighted by Gasteiger charge is 2.16. The Bertz CT molecular complexity index is 600. The number of carbonyl (C=O) groups is 2. The first-order chi connectivity index (χ1) is 9.56. The Hall–Kier alpha value is -2.57. The van der Waals surface area contributed by atoms with E-state index in [1.165, 1.54) is 6.26 Å². The minimum Gasteiger partial charge on any atom is -0.481 e. The summed E-state index contributed by atoms with van der Waals surface area (Å²) in [6.45, 7) is 1.80. The highest BCUT2D eigenvalue weighted by atomic mass is 16.4. The van der Waals surface area contributed by atoms with E-state index in [0.29, 0.717) is 23.1 Å². The lowest BCUT2D eigenvalue weighted by molar-refractivity contribution is -0.136. The Balaban J connectivity index is 1.96. The van der Waals surface area contributed by atoms with Crippen LogP contribution in [0.15, 0.2) is 27.2 Å². The SMILES string of the molecule is Cc1oc(-c2ccco2)nc1CC(=O)NCCC(=O)O.